The van der Waals surface area contributed by atoms with Crippen molar-refractivity contribution in [3.8, 4) is 5.75 Å². The third-order valence-corrected chi connectivity index (χ3v) is 5.28. The number of nitro benzene ring substituents is 1. The minimum absolute atomic E-state index is 0.0786. The summed E-state index contributed by atoms with van der Waals surface area (Å²) in [6.45, 7) is 3.02. The molecule has 0 amide bonds. The first-order valence-electron chi connectivity index (χ1n) is 9.81. The Hall–Kier alpha value is -4.33. The topological polar surface area (TPSA) is 111 Å². The van der Waals surface area contributed by atoms with Gasteiger partial charge in [-0.15, -0.1) is 0 Å². The number of carboxylic acids is 1. The predicted octanol–water partition coefficient (Wildman–Crippen LogP) is 4.11. The normalized spacial score (nSPS) is 10.9. The molecule has 0 aliphatic heterocycles. The van der Waals surface area contributed by atoms with Crippen LogP contribution in [-0.4, -0.2) is 22.0 Å². The van der Waals surface area contributed by atoms with E-state index >= 15 is 0 Å². The number of aryl methyl sites for hydroxylation is 2. The molecule has 0 spiro atoms. The Morgan fingerprint density at radius 1 is 0.969 bits per heavy atom. The van der Waals surface area contributed by atoms with Gasteiger partial charge in [0.25, 0.3) is 5.69 Å². The number of pyridine rings is 1. The van der Waals surface area contributed by atoms with Gasteiger partial charge in [-0.05, 0) is 37.1 Å². The first-order chi connectivity index (χ1) is 15.3. The van der Waals surface area contributed by atoms with E-state index in [1.165, 1.54) is 12.1 Å². The van der Waals surface area contributed by atoms with Crippen molar-refractivity contribution in [2.45, 2.75) is 20.4 Å². The van der Waals surface area contributed by atoms with E-state index < -0.39 is 16.9 Å². The lowest BCUT2D eigenvalue weighted by molar-refractivity contribution is -0.633. The number of benzene rings is 3. The minimum atomic E-state index is -1.00. The number of esters is 1. The molecule has 0 aliphatic rings. The lowest BCUT2D eigenvalue weighted by Crippen LogP contribution is -2.40. The van der Waals surface area contributed by atoms with E-state index in [4.69, 9.17) is 4.74 Å². The van der Waals surface area contributed by atoms with Gasteiger partial charge in [-0.25, -0.2) is 9.59 Å². The average molecular weight is 431 g/mol. The summed E-state index contributed by atoms with van der Waals surface area (Å²) < 4.78 is 7.39. The maximum atomic E-state index is 13.4. The molecule has 0 saturated heterocycles. The Morgan fingerprint density at radius 2 is 1.47 bits per heavy atom. The highest BCUT2D eigenvalue weighted by Crippen LogP contribution is 2.31. The van der Waals surface area contributed by atoms with Gasteiger partial charge in [0.1, 0.15) is 5.75 Å². The van der Waals surface area contributed by atoms with Crippen LogP contribution in [0.2, 0.25) is 0 Å². The highest BCUT2D eigenvalue weighted by Gasteiger charge is 2.27. The van der Waals surface area contributed by atoms with Crippen LogP contribution < -0.4 is 9.30 Å². The van der Waals surface area contributed by atoms with E-state index in [1.807, 2.05) is 0 Å². The molecule has 0 saturated carbocycles. The van der Waals surface area contributed by atoms with Crippen LogP contribution in [0.1, 0.15) is 21.5 Å². The van der Waals surface area contributed by atoms with Crippen molar-refractivity contribution in [3.63, 3.8) is 0 Å². The van der Waals surface area contributed by atoms with E-state index in [9.17, 15) is 24.8 Å². The summed E-state index contributed by atoms with van der Waals surface area (Å²) >= 11 is 0. The molecule has 3 aromatic carbocycles. The molecule has 0 unspecified atom stereocenters. The van der Waals surface area contributed by atoms with Crippen LogP contribution in [0.4, 0.5) is 5.69 Å². The zero-order valence-corrected chi connectivity index (χ0v) is 17.4. The molecule has 32 heavy (non-hydrogen) atoms. The molecule has 160 valence electrons. The van der Waals surface area contributed by atoms with Gasteiger partial charge >= 0.3 is 11.9 Å². The van der Waals surface area contributed by atoms with Gasteiger partial charge in [-0.2, -0.15) is 4.57 Å². The SMILES string of the molecule is Cc1cc([N+](=O)[O-])cc(C)c1OC(=O)c1c2ccccc2[n+](CC(=O)O)c2ccccc12. The summed E-state index contributed by atoms with van der Waals surface area (Å²) in [6, 6.07) is 16.8. The average Bonchev–Trinajstić information content (AvgIpc) is 2.75. The number of nitrogens with zero attached hydrogens (tertiary/aromatic N) is 2. The Bertz CT molecular complexity index is 1350. The lowest BCUT2D eigenvalue weighted by Gasteiger charge is -2.13. The summed E-state index contributed by atoms with van der Waals surface area (Å²) in [7, 11) is 0. The molecule has 4 rings (SSSR count). The number of non-ortho nitro benzene ring substituents is 1. The molecule has 8 nitrogen and oxygen atoms in total. The molecule has 0 atom stereocenters. The Balaban J connectivity index is 1.92. The molecule has 1 aromatic heterocycles. The van der Waals surface area contributed by atoms with Crippen LogP contribution in [0.5, 0.6) is 5.75 Å². The maximum absolute atomic E-state index is 13.4. The first kappa shape index (κ1) is 20.9. The number of para-hydroxylation sites is 2. The first-order valence-corrected chi connectivity index (χ1v) is 9.81. The van der Waals surface area contributed by atoms with E-state index in [2.05, 4.69) is 0 Å². The van der Waals surface area contributed by atoms with Crippen molar-refractivity contribution in [1.29, 1.82) is 0 Å². The quantitative estimate of drug-likeness (QED) is 0.127. The van der Waals surface area contributed by atoms with Gasteiger partial charge in [0.15, 0.2) is 0 Å². The van der Waals surface area contributed by atoms with E-state index in [1.54, 1.807) is 66.9 Å². The highest BCUT2D eigenvalue weighted by atomic mass is 16.6. The zero-order chi connectivity index (χ0) is 23.0. The van der Waals surface area contributed by atoms with Crippen molar-refractivity contribution in [1.82, 2.24) is 0 Å². The lowest BCUT2D eigenvalue weighted by atomic mass is 10.0. The van der Waals surface area contributed by atoms with Gasteiger partial charge < -0.3 is 9.84 Å². The number of rotatable bonds is 5. The molecule has 1 heterocycles. The largest absolute Gasteiger partial charge is 0.477 e. The molecule has 0 aliphatic carbocycles. The van der Waals surface area contributed by atoms with Gasteiger partial charge in [-0.3, -0.25) is 10.1 Å². The summed E-state index contributed by atoms with van der Waals surface area (Å²) in [6.07, 6.45) is 0. The van der Waals surface area contributed by atoms with Gasteiger partial charge in [0.2, 0.25) is 17.6 Å². The number of carboxylic acid groups (broad SMARTS) is 1. The number of hydrogen-bond acceptors (Lipinski definition) is 5. The Labute approximate surface area is 182 Å². The standard InChI is InChI=1S/C24H18N2O6/c1-14-11-16(26(30)31)12-15(2)23(14)32-24(29)22-17-7-3-5-9-19(17)25(13-21(27)28)20-10-6-4-8-18(20)22/h3-12H,13H2,1-2H3/p+1. The van der Waals surface area contributed by atoms with E-state index in [-0.39, 0.29) is 18.0 Å². The number of carbonyl (C=O) groups excluding carboxylic acids is 1. The minimum Gasteiger partial charge on any atom is -0.477 e. The van der Waals surface area contributed by atoms with Gasteiger partial charge in [0, 0.05) is 24.3 Å². The zero-order valence-electron chi connectivity index (χ0n) is 17.4. The number of aromatic nitrogens is 1. The van der Waals surface area contributed by atoms with Crippen LogP contribution in [0.3, 0.4) is 0 Å². The summed E-state index contributed by atoms with van der Waals surface area (Å²) in [4.78, 5) is 35.5. The van der Waals surface area contributed by atoms with Crippen molar-refractivity contribution in [3.05, 3.63) is 87.5 Å². The summed E-state index contributed by atoms with van der Waals surface area (Å²) in [5.74, 6) is -1.37. The van der Waals surface area contributed by atoms with Crippen molar-refractivity contribution in [2.24, 2.45) is 0 Å². The Kier molecular flexibility index (Phi) is 5.28. The number of carbonyl (C=O) groups is 2. The monoisotopic (exact) mass is 431 g/mol. The number of hydrogen-bond donors (Lipinski definition) is 1. The number of nitro groups is 1. The maximum Gasteiger partial charge on any atom is 0.370 e. The molecular formula is C24H19N2O6+. The van der Waals surface area contributed by atoms with Crippen molar-refractivity contribution in [2.75, 3.05) is 0 Å². The smallest absolute Gasteiger partial charge is 0.370 e. The number of aliphatic carboxylic acids is 1. The van der Waals surface area contributed by atoms with Crippen molar-refractivity contribution < 1.29 is 28.9 Å². The molecule has 4 aromatic rings. The fourth-order valence-electron chi connectivity index (χ4n) is 3.98. The van der Waals surface area contributed by atoms with E-state index in [0.717, 1.165) is 0 Å². The van der Waals surface area contributed by atoms with Gasteiger partial charge in [0.05, 0.1) is 21.3 Å². The van der Waals surface area contributed by atoms with Crippen LogP contribution in [0.25, 0.3) is 21.8 Å². The predicted molar refractivity (Wildman–Crippen MR) is 117 cm³/mol. The molecule has 8 heteroatoms. The molecule has 1 N–H and O–H groups in total. The third kappa shape index (κ3) is 3.62. The van der Waals surface area contributed by atoms with Crippen LogP contribution in [0, 0.1) is 24.0 Å². The second-order valence-electron chi connectivity index (χ2n) is 7.44. The van der Waals surface area contributed by atoms with Crippen LogP contribution in [-0.2, 0) is 11.3 Å². The van der Waals surface area contributed by atoms with Crippen LogP contribution in [0.15, 0.2) is 60.7 Å². The number of ether oxygens (including phenoxy) is 1. The third-order valence-electron chi connectivity index (χ3n) is 5.28. The fraction of sp³-hybridized carbons (Fsp3) is 0.125. The summed E-state index contributed by atoms with van der Waals surface area (Å²) in [5, 5.41) is 21.6. The highest BCUT2D eigenvalue weighted by molar-refractivity contribution is 6.13. The van der Waals surface area contributed by atoms with E-state index in [0.29, 0.717) is 38.5 Å². The van der Waals surface area contributed by atoms with Gasteiger partial charge in [-0.1, -0.05) is 24.3 Å². The second-order valence-corrected chi connectivity index (χ2v) is 7.44. The summed E-state index contributed by atoms with van der Waals surface area (Å²) in [5.41, 5.74) is 2.32. The molecular weight excluding hydrogens is 412 g/mol. The van der Waals surface area contributed by atoms with Crippen molar-refractivity contribution >= 4 is 39.4 Å². The second kappa shape index (κ2) is 8.07. The molecule has 0 fully saturated rings. The molecule has 0 radical (unpaired) electrons. The molecule has 0 bridgehead atoms. The number of fused-ring (bicyclic) bond motifs is 2. The Morgan fingerprint density at radius 3 is 1.94 bits per heavy atom. The fourth-order valence-corrected chi connectivity index (χ4v) is 3.98. The van der Waals surface area contributed by atoms with Crippen LogP contribution >= 0.6 is 0 Å².